The second-order valence-electron chi connectivity index (χ2n) is 6.48. The second-order valence-corrected chi connectivity index (χ2v) is 6.48. The summed E-state index contributed by atoms with van der Waals surface area (Å²) in [6.07, 6.45) is 0.199. The number of fused-ring (bicyclic) bond motifs is 2. The summed E-state index contributed by atoms with van der Waals surface area (Å²) in [6, 6.07) is 14.8. The van der Waals surface area contributed by atoms with Crippen molar-refractivity contribution in [3.63, 3.8) is 0 Å². The van der Waals surface area contributed by atoms with E-state index in [9.17, 15) is 9.59 Å². The maximum Gasteiger partial charge on any atom is 0.265 e. The Bertz CT molecular complexity index is 965. The lowest BCUT2D eigenvalue weighted by atomic mass is 10.2. The predicted octanol–water partition coefficient (Wildman–Crippen LogP) is 2.56. The first-order valence-corrected chi connectivity index (χ1v) is 8.88. The number of carbonyl (C=O) groups excluding carboxylic acids is 2. The molecule has 0 spiro atoms. The number of aromatic nitrogens is 2. The number of rotatable bonds is 5. The van der Waals surface area contributed by atoms with Crippen molar-refractivity contribution in [3.8, 4) is 5.75 Å². The largest absolute Gasteiger partial charge is 0.482 e. The van der Waals surface area contributed by atoms with Gasteiger partial charge in [-0.05, 0) is 31.2 Å². The molecule has 2 aromatic carbocycles. The fraction of sp³-hybridized carbons (Fsp3) is 0.250. The quantitative estimate of drug-likeness (QED) is 0.728. The molecule has 2 N–H and O–H groups in total. The lowest BCUT2D eigenvalue weighted by Crippen LogP contribution is -2.41. The van der Waals surface area contributed by atoms with Crippen molar-refractivity contribution in [1.82, 2.24) is 15.3 Å². The molecule has 7 heteroatoms. The number of imidazole rings is 1. The molecule has 138 valence electrons. The molecule has 0 radical (unpaired) electrons. The number of H-pyrrole nitrogens is 1. The van der Waals surface area contributed by atoms with Crippen molar-refractivity contribution in [1.29, 1.82) is 0 Å². The number of anilines is 1. The highest BCUT2D eigenvalue weighted by atomic mass is 16.5. The van der Waals surface area contributed by atoms with Crippen molar-refractivity contribution in [2.75, 3.05) is 18.1 Å². The van der Waals surface area contributed by atoms with Crippen molar-refractivity contribution in [3.05, 3.63) is 54.4 Å². The van der Waals surface area contributed by atoms with Crippen molar-refractivity contribution in [2.45, 2.75) is 19.4 Å². The van der Waals surface area contributed by atoms with E-state index in [0.717, 1.165) is 11.0 Å². The zero-order chi connectivity index (χ0) is 18.8. The summed E-state index contributed by atoms with van der Waals surface area (Å²) in [7, 11) is 0. The van der Waals surface area contributed by atoms with Gasteiger partial charge in [-0.3, -0.25) is 9.59 Å². The standard InChI is InChI=1S/C20H20N4O3/c1-13(20-22-14-6-2-3-7-15(14)23-20)21-18(25)10-11-24-16-8-4-5-9-17(16)27-12-19(24)26/h2-9,13H,10-12H2,1H3,(H,21,25)(H,22,23). The fourth-order valence-corrected chi connectivity index (χ4v) is 3.17. The molecule has 0 aliphatic carbocycles. The molecule has 0 saturated carbocycles. The Morgan fingerprint density at radius 3 is 2.89 bits per heavy atom. The summed E-state index contributed by atoms with van der Waals surface area (Å²) in [5, 5.41) is 2.93. The van der Waals surface area contributed by atoms with Gasteiger partial charge in [-0.1, -0.05) is 24.3 Å². The molecule has 2 amide bonds. The van der Waals surface area contributed by atoms with Crippen molar-refractivity contribution in [2.24, 2.45) is 0 Å². The number of para-hydroxylation sites is 4. The van der Waals surface area contributed by atoms with Gasteiger partial charge in [0.2, 0.25) is 5.91 Å². The Kier molecular flexibility index (Phi) is 4.50. The molecule has 0 bridgehead atoms. The Morgan fingerprint density at radius 1 is 1.26 bits per heavy atom. The smallest absolute Gasteiger partial charge is 0.265 e. The fourth-order valence-electron chi connectivity index (χ4n) is 3.17. The molecular weight excluding hydrogens is 344 g/mol. The van der Waals surface area contributed by atoms with Crippen LogP contribution >= 0.6 is 0 Å². The zero-order valence-electron chi connectivity index (χ0n) is 14.9. The molecule has 4 rings (SSSR count). The van der Waals surface area contributed by atoms with E-state index in [1.807, 2.05) is 55.5 Å². The number of amides is 2. The maximum atomic E-state index is 12.4. The first kappa shape index (κ1) is 17.1. The molecule has 1 aliphatic rings. The van der Waals surface area contributed by atoms with Gasteiger partial charge in [-0.25, -0.2) is 4.98 Å². The monoisotopic (exact) mass is 364 g/mol. The molecule has 3 aromatic rings. The number of benzene rings is 2. The summed E-state index contributed by atoms with van der Waals surface area (Å²) in [5.74, 6) is 1.08. The molecule has 2 heterocycles. The minimum Gasteiger partial charge on any atom is -0.482 e. The number of ether oxygens (including phenoxy) is 1. The highest BCUT2D eigenvalue weighted by Crippen LogP contribution is 2.31. The minimum absolute atomic E-state index is 0.00593. The van der Waals surface area contributed by atoms with Crippen LogP contribution in [0.2, 0.25) is 0 Å². The Hall–Kier alpha value is -3.35. The van der Waals surface area contributed by atoms with Crippen LogP contribution in [-0.4, -0.2) is 34.9 Å². The SMILES string of the molecule is CC(NC(=O)CCN1C(=O)COc2ccccc21)c1nc2ccccc2[nH]1. The van der Waals surface area contributed by atoms with E-state index in [1.54, 1.807) is 4.90 Å². The van der Waals surface area contributed by atoms with Gasteiger partial charge in [0.25, 0.3) is 5.91 Å². The minimum atomic E-state index is -0.252. The van der Waals surface area contributed by atoms with Crippen LogP contribution in [0.25, 0.3) is 11.0 Å². The first-order valence-electron chi connectivity index (χ1n) is 8.88. The Balaban J connectivity index is 1.39. The van der Waals surface area contributed by atoms with Crippen LogP contribution in [0.3, 0.4) is 0 Å². The maximum absolute atomic E-state index is 12.4. The molecule has 0 saturated heterocycles. The Morgan fingerprint density at radius 2 is 2.04 bits per heavy atom. The summed E-state index contributed by atoms with van der Waals surface area (Å²) in [5.41, 5.74) is 2.50. The summed E-state index contributed by atoms with van der Waals surface area (Å²) < 4.78 is 5.42. The van der Waals surface area contributed by atoms with Gasteiger partial charge < -0.3 is 19.9 Å². The van der Waals surface area contributed by atoms with E-state index >= 15 is 0 Å². The van der Waals surface area contributed by atoms with Gasteiger partial charge in [0.1, 0.15) is 11.6 Å². The van der Waals surface area contributed by atoms with Crippen molar-refractivity contribution >= 4 is 28.5 Å². The highest BCUT2D eigenvalue weighted by molar-refractivity contribution is 5.98. The van der Waals surface area contributed by atoms with Gasteiger partial charge in [0.15, 0.2) is 6.61 Å². The highest BCUT2D eigenvalue weighted by Gasteiger charge is 2.25. The number of nitrogens with one attached hydrogen (secondary N) is 2. The van der Waals surface area contributed by atoms with Gasteiger partial charge in [-0.2, -0.15) is 0 Å². The van der Waals surface area contributed by atoms with E-state index in [4.69, 9.17) is 4.74 Å². The van der Waals surface area contributed by atoms with Gasteiger partial charge in [0, 0.05) is 13.0 Å². The van der Waals surface area contributed by atoms with Crippen LogP contribution in [0, 0.1) is 0 Å². The van der Waals surface area contributed by atoms with Crippen LogP contribution in [0.1, 0.15) is 25.2 Å². The van der Waals surface area contributed by atoms with Gasteiger partial charge >= 0.3 is 0 Å². The van der Waals surface area contributed by atoms with E-state index in [0.29, 0.717) is 23.8 Å². The van der Waals surface area contributed by atoms with Crippen LogP contribution in [0.4, 0.5) is 5.69 Å². The third-order valence-corrected chi connectivity index (χ3v) is 4.57. The van der Waals surface area contributed by atoms with Crippen LogP contribution in [0.5, 0.6) is 5.75 Å². The lowest BCUT2D eigenvalue weighted by Gasteiger charge is -2.29. The summed E-state index contributed by atoms with van der Waals surface area (Å²) >= 11 is 0. The normalized spacial score (nSPS) is 14.6. The number of aromatic amines is 1. The van der Waals surface area contributed by atoms with E-state index in [2.05, 4.69) is 15.3 Å². The summed E-state index contributed by atoms with van der Waals surface area (Å²) in [4.78, 5) is 33.9. The average Bonchev–Trinajstić information content (AvgIpc) is 3.11. The predicted molar refractivity (Wildman–Crippen MR) is 102 cm³/mol. The number of nitrogens with zero attached hydrogens (tertiary/aromatic N) is 2. The van der Waals surface area contributed by atoms with E-state index in [1.165, 1.54) is 0 Å². The van der Waals surface area contributed by atoms with Crippen LogP contribution < -0.4 is 15.0 Å². The third kappa shape index (κ3) is 3.48. The van der Waals surface area contributed by atoms with E-state index in [-0.39, 0.29) is 30.9 Å². The molecule has 0 fully saturated rings. The van der Waals surface area contributed by atoms with Gasteiger partial charge in [-0.15, -0.1) is 0 Å². The molecule has 1 atom stereocenters. The first-order chi connectivity index (χ1) is 13.1. The number of carbonyl (C=O) groups is 2. The molecule has 7 nitrogen and oxygen atoms in total. The average molecular weight is 364 g/mol. The molecule has 27 heavy (non-hydrogen) atoms. The van der Waals surface area contributed by atoms with E-state index < -0.39 is 0 Å². The molecule has 1 aromatic heterocycles. The zero-order valence-corrected chi connectivity index (χ0v) is 14.9. The number of hydrogen-bond donors (Lipinski definition) is 2. The summed E-state index contributed by atoms with van der Waals surface area (Å²) in [6.45, 7) is 2.18. The molecular formula is C20H20N4O3. The van der Waals surface area contributed by atoms with Gasteiger partial charge in [0.05, 0.1) is 22.8 Å². The van der Waals surface area contributed by atoms with Crippen LogP contribution in [-0.2, 0) is 9.59 Å². The van der Waals surface area contributed by atoms with Crippen molar-refractivity contribution < 1.29 is 14.3 Å². The Labute approximate surface area is 156 Å². The molecule has 1 unspecified atom stereocenters. The van der Waals surface area contributed by atoms with Crippen LogP contribution in [0.15, 0.2) is 48.5 Å². The topological polar surface area (TPSA) is 87.3 Å². The lowest BCUT2D eigenvalue weighted by molar-refractivity contribution is -0.122. The number of hydrogen-bond acceptors (Lipinski definition) is 4. The second kappa shape index (κ2) is 7.11. The molecule has 1 aliphatic heterocycles. The third-order valence-electron chi connectivity index (χ3n) is 4.57.